The van der Waals surface area contributed by atoms with Crippen LogP contribution in [0.1, 0.15) is 6.42 Å². The van der Waals surface area contributed by atoms with Crippen molar-refractivity contribution in [2.24, 2.45) is 0 Å². The van der Waals surface area contributed by atoms with Gasteiger partial charge in [0, 0.05) is 23.8 Å². The molecule has 18 heavy (non-hydrogen) atoms. The monoisotopic (exact) mass is 269 g/mol. The van der Waals surface area contributed by atoms with E-state index in [1.165, 1.54) is 6.42 Å². The van der Waals surface area contributed by atoms with Gasteiger partial charge < -0.3 is 15.1 Å². The number of benzene rings is 1. The summed E-state index contributed by atoms with van der Waals surface area (Å²) in [7, 11) is 6.39. The molecule has 0 bridgehead atoms. The van der Waals surface area contributed by atoms with Gasteiger partial charge in [0.1, 0.15) is 0 Å². The molecule has 0 aliphatic heterocycles. The van der Waals surface area contributed by atoms with Gasteiger partial charge in [-0.15, -0.1) is 0 Å². The van der Waals surface area contributed by atoms with Crippen LogP contribution in [0.15, 0.2) is 24.3 Å². The molecule has 102 valence electrons. The SMILES string of the molecule is CN(C)CCCN(C)CCNc1ccc(Cl)cc1. The Bertz CT molecular complexity index is 324. The highest BCUT2D eigenvalue weighted by Crippen LogP contribution is 2.12. The zero-order valence-electron chi connectivity index (χ0n) is 11.6. The van der Waals surface area contributed by atoms with Gasteiger partial charge in [0.2, 0.25) is 0 Å². The third kappa shape index (κ3) is 6.84. The van der Waals surface area contributed by atoms with E-state index < -0.39 is 0 Å². The highest BCUT2D eigenvalue weighted by molar-refractivity contribution is 6.30. The molecule has 0 fully saturated rings. The lowest BCUT2D eigenvalue weighted by atomic mass is 10.3. The van der Waals surface area contributed by atoms with Gasteiger partial charge in [0.05, 0.1) is 0 Å². The number of halogens is 1. The van der Waals surface area contributed by atoms with E-state index in [1.807, 2.05) is 24.3 Å². The molecule has 0 aliphatic rings. The molecule has 1 rings (SSSR count). The molecule has 4 heteroatoms. The van der Waals surface area contributed by atoms with Gasteiger partial charge in [0.25, 0.3) is 0 Å². The average Bonchev–Trinajstić information content (AvgIpc) is 2.31. The fraction of sp³-hybridized carbons (Fsp3) is 0.571. The molecule has 0 saturated heterocycles. The van der Waals surface area contributed by atoms with Crippen molar-refractivity contribution in [1.82, 2.24) is 9.80 Å². The number of anilines is 1. The molecular formula is C14H24ClN3. The molecule has 0 radical (unpaired) electrons. The first kappa shape index (κ1) is 15.3. The van der Waals surface area contributed by atoms with Crippen molar-refractivity contribution >= 4 is 17.3 Å². The number of hydrogen-bond donors (Lipinski definition) is 1. The van der Waals surface area contributed by atoms with E-state index in [0.29, 0.717) is 0 Å². The molecular weight excluding hydrogens is 246 g/mol. The van der Waals surface area contributed by atoms with Crippen molar-refractivity contribution in [2.75, 3.05) is 52.6 Å². The molecule has 0 aliphatic carbocycles. The number of nitrogens with one attached hydrogen (secondary N) is 1. The Kier molecular flexibility index (Phi) is 7.09. The molecule has 0 aromatic heterocycles. The summed E-state index contributed by atoms with van der Waals surface area (Å²) in [5.74, 6) is 0. The minimum Gasteiger partial charge on any atom is -0.384 e. The van der Waals surface area contributed by atoms with Gasteiger partial charge in [-0.25, -0.2) is 0 Å². The summed E-state index contributed by atoms with van der Waals surface area (Å²) in [6.07, 6.45) is 1.21. The first-order valence-corrected chi connectivity index (χ1v) is 6.78. The number of likely N-dealkylation sites (N-methyl/N-ethyl adjacent to an activating group) is 1. The van der Waals surface area contributed by atoms with Crippen molar-refractivity contribution in [3.05, 3.63) is 29.3 Å². The van der Waals surface area contributed by atoms with Gasteiger partial charge in [-0.3, -0.25) is 0 Å². The van der Waals surface area contributed by atoms with Gasteiger partial charge in [-0.05, 0) is 64.9 Å². The van der Waals surface area contributed by atoms with Crippen LogP contribution in [0, 0.1) is 0 Å². The highest BCUT2D eigenvalue weighted by Gasteiger charge is 1.99. The van der Waals surface area contributed by atoms with Crippen molar-refractivity contribution in [1.29, 1.82) is 0 Å². The Hall–Kier alpha value is -0.770. The summed E-state index contributed by atoms with van der Waals surface area (Å²) in [6.45, 7) is 4.30. The molecule has 0 atom stereocenters. The fourth-order valence-electron chi connectivity index (χ4n) is 1.73. The van der Waals surface area contributed by atoms with E-state index in [9.17, 15) is 0 Å². The van der Waals surface area contributed by atoms with Crippen molar-refractivity contribution < 1.29 is 0 Å². The Balaban J connectivity index is 2.11. The first-order chi connectivity index (χ1) is 8.58. The van der Waals surface area contributed by atoms with Crippen molar-refractivity contribution in [2.45, 2.75) is 6.42 Å². The summed E-state index contributed by atoms with van der Waals surface area (Å²) in [6, 6.07) is 7.83. The Morgan fingerprint density at radius 3 is 2.28 bits per heavy atom. The standard InChI is InChI=1S/C14H24ClN3/c1-17(2)10-4-11-18(3)12-9-16-14-7-5-13(15)6-8-14/h5-8,16H,4,9-12H2,1-3H3. The first-order valence-electron chi connectivity index (χ1n) is 6.40. The number of nitrogens with zero attached hydrogens (tertiary/aromatic N) is 2. The van der Waals surface area contributed by atoms with Crippen molar-refractivity contribution in [3.63, 3.8) is 0 Å². The fourth-order valence-corrected chi connectivity index (χ4v) is 1.85. The zero-order chi connectivity index (χ0) is 13.4. The summed E-state index contributed by atoms with van der Waals surface area (Å²) >= 11 is 5.84. The third-order valence-corrected chi connectivity index (χ3v) is 3.06. The predicted molar refractivity (Wildman–Crippen MR) is 80.6 cm³/mol. The number of rotatable bonds is 8. The maximum absolute atomic E-state index is 5.84. The molecule has 0 spiro atoms. The zero-order valence-corrected chi connectivity index (χ0v) is 12.4. The van der Waals surface area contributed by atoms with E-state index in [2.05, 4.69) is 36.3 Å². The van der Waals surface area contributed by atoms with Crippen LogP contribution in [0.4, 0.5) is 5.69 Å². The predicted octanol–water partition coefficient (Wildman–Crippen LogP) is 2.64. The molecule has 0 unspecified atom stereocenters. The largest absolute Gasteiger partial charge is 0.384 e. The van der Waals surface area contributed by atoms with Crippen LogP contribution in [0.5, 0.6) is 0 Å². The molecule has 1 N–H and O–H groups in total. The molecule has 3 nitrogen and oxygen atoms in total. The molecule has 0 heterocycles. The van der Waals surface area contributed by atoms with Crippen LogP contribution >= 0.6 is 11.6 Å². The maximum Gasteiger partial charge on any atom is 0.0407 e. The molecule has 0 saturated carbocycles. The van der Waals surface area contributed by atoms with Gasteiger partial charge in [-0.1, -0.05) is 11.6 Å². The van der Waals surface area contributed by atoms with Gasteiger partial charge in [-0.2, -0.15) is 0 Å². The summed E-state index contributed by atoms with van der Waals surface area (Å²) < 4.78 is 0. The Morgan fingerprint density at radius 2 is 1.67 bits per heavy atom. The van der Waals surface area contributed by atoms with E-state index in [1.54, 1.807) is 0 Å². The van der Waals surface area contributed by atoms with Gasteiger partial charge >= 0.3 is 0 Å². The minimum atomic E-state index is 0.779. The quantitative estimate of drug-likeness (QED) is 0.783. The second-order valence-corrected chi connectivity index (χ2v) is 5.33. The molecule has 1 aromatic carbocycles. The second-order valence-electron chi connectivity index (χ2n) is 4.89. The van der Waals surface area contributed by atoms with Crippen LogP contribution in [-0.2, 0) is 0 Å². The lowest BCUT2D eigenvalue weighted by Crippen LogP contribution is -2.28. The van der Waals surface area contributed by atoms with Crippen LogP contribution in [-0.4, -0.2) is 57.1 Å². The van der Waals surface area contributed by atoms with Crippen LogP contribution in [0.25, 0.3) is 0 Å². The topological polar surface area (TPSA) is 18.5 Å². The van der Waals surface area contributed by atoms with Crippen molar-refractivity contribution in [3.8, 4) is 0 Å². The minimum absolute atomic E-state index is 0.779. The third-order valence-electron chi connectivity index (χ3n) is 2.81. The van der Waals surface area contributed by atoms with E-state index in [-0.39, 0.29) is 0 Å². The highest BCUT2D eigenvalue weighted by atomic mass is 35.5. The Labute approximate surface area is 116 Å². The van der Waals surface area contributed by atoms with Crippen LogP contribution in [0.2, 0.25) is 5.02 Å². The maximum atomic E-state index is 5.84. The van der Waals surface area contributed by atoms with Gasteiger partial charge in [0.15, 0.2) is 0 Å². The normalized spacial score (nSPS) is 11.2. The lowest BCUT2D eigenvalue weighted by molar-refractivity contribution is 0.308. The molecule has 0 amide bonds. The second kappa shape index (κ2) is 8.35. The smallest absolute Gasteiger partial charge is 0.0407 e. The van der Waals surface area contributed by atoms with E-state index >= 15 is 0 Å². The van der Waals surface area contributed by atoms with Crippen LogP contribution < -0.4 is 5.32 Å². The summed E-state index contributed by atoms with van der Waals surface area (Å²) in [5.41, 5.74) is 1.13. The summed E-state index contributed by atoms with van der Waals surface area (Å²) in [5, 5.41) is 4.17. The molecule has 1 aromatic rings. The average molecular weight is 270 g/mol. The summed E-state index contributed by atoms with van der Waals surface area (Å²) in [4.78, 5) is 4.58. The number of hydrogen-bond acceptors (Lipinski definition) is 3. The van der Waals surface area contributed by atoms with E-state index in [4.69, 9.17) is 11.6 Å². The Morgan fingerprint density at radius 1 is 1.00 bits per heavy atom. The van der Waals surface area contributed by atoms with E-state index in [0.717, 1.165) is 36.9 Å². The van der Waals surface area contributed by atoms with Crippen LogP contribution in [0.3, 0.4) is 0 Å². The lowest BCUT2D eigenvalue weighted by Gasteiger charge is -2.18.